The van der Waals surface area contributed by atoms with E-state index in [-0.39, 0.29) is 0 Å². The van der Waals surface area contributed by atoms with Gasteiger partial charge in [-0.3, -0.25) is 4.79 Å². The average molecular weight is 285 g/mol. The van der Waals surface area contributed by atoms with Crippen molar-refractivity contribution in [3.05, 3.63) is 35.9 Å². The van der Waals surface area contributed by atoms with Gasteiger partial charge < -0.3 is 4.90 Å². The molecule has 0 amide bonds. The van der Waals surface area contributed by atoms with E-state index in [9.17, 15) is 4.79 Å². The highest BCUT2D eigenvalue weighted by Gasteiger charge is 2.26. The molecule has 2 fully saturated rings. The zero-order valence-corrected chi connectivity index (χ0v) is 13.0. The van der Waals surface area contributed by atoms with Crippen LogP contribution < -0.4 is 0 Å². The number of Topliss-reactive ketones (excluding diaryl/α,β-unsaturated/α-hetero) is 1. The van der Waals surface area contributed by atoms with Crippen LogP contribution in [-0.4, -0.2) is 30.3 Å². The van der Waals surface area contributed by atoms with Gasteiger partial charge in [0, 0.05) is 18.9 Å². The molecule has 1 heterocycles. The van der Waals surface area contributed by atoms with Crippen molar-refractivity contribution in [1.29, 1.82) is 0 Å². The van der Waals surface area contributed by atoms with Crippen LogP contribution in [0.25, 0.3) is 0 Å². The Morgan fingerprint density at radius 2 is 1.76 bits per heavy atom. The highest BCUT2D eigenvalue weighted by molar-refractivity contribution is 5.81. The van der Waals surface area contributed by atoms with Gasteiger partial charge in [0.1, 0.15) is 5.78 Å². The van der Waals surface area contributed by atoms with Crippen molar-refractivity contribution in [3.8, 4) is 0 Å². The Labute approximate surface area is 128 Å². The standard InChI is InChI=1S/C19H27NO/c21-19-9-5-4-8-18(19)15-20-12-10-17(11-13-20)14-16-6-2-1-3-7-16/h1-3,6-7,17-18H,4-5,8-15H2. The number of likely N-dealkylation sites (tertiary alicyclic amines) is 1. The molecule has 1 aromatic rings. The van der Waals surface area contributed by atoms with E-state index in [0.29, 0.717) is 11.7 Å². The van der Waals surface area contributed by atoms with Crippen LogP contribution in [0.5, 0.6) is 0 Å². The number of hydrogen-bond acceptors (Lipinski definition) is 2. The highest BCUT2D eigenvalue weighted by atomic mass is 16.1. The number of benzene rings is 1. The molecule has 2 heteroatoms. The van der Waals surface area contributed by atoms with Crippen molar-refractivity contribution in [2.24, 2.45) is 11.8 Å². The maximum atomic E-state index is 11.9. The zero-order valence-electron chi connectivity index (χ0n) is 13.0. The van der Waals surface area contributed by atoms with Crippen molar-refractivity contribution in [1.82, 2.24) is 4.90 Å². The molecule has 21 heavy (non-hydrogen) atoms. The van der Waals surface area contributed by atoms with Gasteiger partial charge in [0.2, 0.25) is 0 Å². The van der Waals surface area contributed by atoms with Gasteiger partial charge in [-0.1, -0.05) is 36.8 Å². The van der Waals surface area contributed by atoms with Crippen LogP contribution in [0.15, 0.2) is 30.3 Å². The summed E-state index contributed by atoms with van der Waals surface area (Å²) in [4.78, 5) is 14.5. The fourth-order valence-electron chi connectivity index (χ4n) is 3.88. The lowest BCUT2D eigenvalue weighted by Gasteiger charge is -2.35. The van der Waals surface area contributed by atoms with E-state index in [4.69, 9.17) is 0 Å². The zero-order chi connectivity index (χ0) is 14.5. The van der Waals surface area contributed by atoms with Gasteiger partial charge in [0.15, 0.2) is 0 Å². The average Bonchev–Trinajstić information content (AvgIpc) is 2.52. The molecule has 1 aromatic carbocycles. The molecule has 0 radical (unpaired) electrons. The molecule has 1 unspecified atom stereocenters. The maximum Gasteiger partial charge on any atom is 0.137 e. The minimum atomic E-state index is 0.337. The molecule has 1 saturated heterocycles. The van der Waals surface area contributed by atoms with Gasteiger partial charge in [-0.15, -0.1) is 0 Å². The molecule has 0 bridgehead atoms. The summed E-state index contributed by atoms with van der Waals surface area (Å²) >= 11 is 0. The lowest BCUT2D eigenvalue weighted by Crippen LogP contribution is -2.40. The molecule has 1 aliphatic carbocycles. The van der Waals surface area contributed by atoms with Crippen LogP contribution in [0.1, 0.15) is 44.1 Å². The summed E-state index contributed by atoms with van der Waals surface area (Å²) in [7, 11) is 0. The number of carbonyl (C=O) groups is 1. The van der Waals surface area contributed by atoms with E-state index >= 15 is 0 Å². The van der Waals surface area contributed by atoms with E-state index in [1.807, 2.05) is 0 Å². The third-order valence-corrected chi connectivity index (χ3v) is 5.23. The van der Waals surface area contributed by atoms with Crippen molar-refractivity contribution < 1.29 is 4.79 Å². The number of ketones is 1. The van der Waals surface area contributed by atoms with Crippen LogP contribution in [-0.2, 0) is 11.2 Å². The lowest BCUT2D eigenvalue weighted by atomic mass is 9.86. The Morgan fingerprint density at radius 3 is 2.48 bits per heavy atom. The smallest absolute Gasteiger partial charge is 0.137 e. The number of hydrogen-bond donors (Lipinski definition) is 0. The molecule has 0 N–H and O–H groups in total. The first-order chi connectivity index (χ1) is 10.3. The number of nitrogens with zero attached hydrogens (tertiary/aromatic N) is 1. The molecule has 1 aliphatic heterocycles. The molecule has 114 valence electrons. The highest BCUT2D eigenvalue weighted by Crippen LogP contribution is 2.25. The summed E-state index contributed by atoms with van der Waals surface area (Å²) in [6.07, 6.45) is 8.12. The third kappa shape index (κ3) is 4.16. The second-order valence-electron chi connectivity index (χ2n) is 6.84. The van der Waals surface area contributed by atoms with Crippen LogP contribution >= 0.6 is 0 Å². The van der Waals surface area contributed by atoms with Crippen molar-refractivity contribution in [2.75, 3.05) is 19.6 Å². The van der Waals surface area contributed by atoms with E-state index in [1.54, 1.807) is 0 Å². The van der Waals surface area contributed by atoms with Gasteiger partial charge in [0.05, 0.1) is 0 Å². The van der Waals surface area contributed by atoms with E-state index in [1.165, 1.54) is 44.3 Å². The number of piperidine rings is 1. The molecule has 1 saturated carbocycles. The summed E-state index contributed by atoms with van der Waals surface area (Å²) in [6, 6.07) is 10.9. The van der Waals surface area contributed by atoms with Gasteiger partial charge in [-0.25, -0.2) is 0 Å². The largest absolute Gasteiger partial charge is 0.303 e. The van der Waals surface area contributed by atoms with Gasteiger partial charge in [0.25, 0.3) is 0 Å². The SMILES string of the molecule is O=C1CCCCC1CN1CCC(Cc2ccccc2)CC1. The van der Waals surface area contributed by atoms with Crippen molar-refractivity contribution >= 4 is 5.78 Å². The Bertz CT molecular complexity index is 448. The molecule has 2 aliphatic rings. The Morgan fingerprint density at radius 1 is 1.00 bits per heavy atom. The second-order valence-corrected chi connectivity index (χ2v) is 6.84. The van der Waals surface area contributed by atoms with E-state index in [2.05, 4.69) is 35.2 Å². The minimum absolute atomic E-state index is 0.337. The predicted octanol–water partition coefficient (Wildman–Crippen LogP) is 3.70. The first-order valence-electron chi connectivity index (χ1n) is 8.60. The van der Waals surface area contributed by atoms with E-state index < -0.39 is 0 Å². The van der Waals surface area contributed by atoms with Crippen LogP contribution in [0.4, 0.5) is 0 Å². The summed E-state index contributed by atoms with van der Waals surface area (Å²) < 4.78 is 0. The molecule has 1 atom stereocenters. The molecular weight excluding hydrogens is 258 g/mol. The molecule has 0 spiro atoms. The monoisotopic (exact) mass is 285 g/mol. The first-order valence-corrected chi connectivity index (χ1v) is 8.60. The Hall–Kier alpha value is -1.15. The summed E-state index contributed by atoms with van der Waals surface area (Å²) in [5.41, 5.74) is 1.47. The normalized spacial score (nSPS) is 25.1. The lowest BCUT2D eigenvalue weighted by molar-refractivity contribution is -0.125. The van der Waals surface area contributed by atoms with Crippen LogP contribution in [0.2, 0.25) is 0 Å². The molecule has 3 rings (SSSR count). The number of carbonyl (C=O) groups excluding carboxylic acids is 1. The third-order valence-electron chi connectivity index (χ3n) is 5.23. The van der Waals surface area contributed by atoms with E-state index in [0.717, 1.165) is 31.7 Å². The second kappa shape index (κ2) is 7.22. The molecule has 0 aromatic heterocycles. The summed E-state index contributed by atoms with van der Waals surface area (Å²) in [5.74, 6) is 1.68. The fraction of sp³-hybridized carbons (Fsp3) is 0.632. The Balaban J connectivity index is 1.43. The van der Waals surface area contributed by atoms with Crippen molar-refractivity contribution in [2.45, 2.75) is 44.9 Å². The van der Waals surface area contributed by atoms with Gasteiger partial charge in [-0.05, 0) is 56.7 Å². The predicted molar refractivity (Wildman–Crippen MR) is 86.3 cm³/mol. The topological polar surface area (TPSA) is 20.3 Å². The minimum Gasteiger partial charge on any atom is -0.303 e. The first kappa shape index (κ1) is 14.8. The quantitative estimate of drug-likeness (QED) is 0.840. The van der Waals surface area contributed by atoms with Gasteiger partial charge in [-0.2, -0.15) is 0 Å². The maximum absolute atomic E-state index is 11.9. The molecule has 2 nitrogen and oxygen atoms in total. The molecular formula is C19H27NO. The van der Waals surface area contributed by atoms with Crippen LogP contribution in [0.3, 0.4) is 0 Å². The fourth-order valence-corrected chi connectivity index (χ4v) is 3.88. The number of rotatable bonds is 4. The van der Waals surface area contributed by atoms with Crippen molar-refractivity contribution in [3.63, 3.8) is 0 Å². The van der Waals surface area contributed by atoms with Crippen LogP contribution in [0, 0.1) is 11.8 Å². The Kier molecular flexibility index (Phi) is 5.08. The van der Waals surface area contributed by atoms with Gasteiger partial charge >= 0.3 is 0 Å². The summed E-state index contributed by atoms with van der Waals surface area (Å²) in [5, 5.41) is 0. The summed E-state index contributed by atoms with van der Waals surface area (Å²) in [6.45, 7) is 3.39.